The predicted octanol–water partition coefficient (Wildman–Crippen LogP) is 0.186. The third-order valence-corrected chi connectivity index (χ3v) is 4.86. The van der Waals surface area contributed by atoms with Gasteiger partial charge in [-0.3, -0.25) is 19.8 Å². The van der Waals surface area contributed by atoms with E-state index in [9.17, 15) is 19.2 Å². The Morgan fingerprint density at radius 1 is 0.917 bits per heavy atom. The third kappa shape index (κ3) is 8.16. The number of thiocarbonyl (C=S) groups is 1. The maximum Gasteiger partial charge on any atom is 0.339 e. The van der Waals surface area contributed by atoms with Gasteiger partial charge in [0.1, 0.15) is 5.75 Å². The standard InChI is InChI=1S/C22H27N3O10S/c1-11(26)32-16-17(33-12(2)27)19(21(29)31-5)35-20(18(16)34-13(3)28)24-22(36)25-23-10-14-6-8-15(30-4)9-7-14/h6-10,16-20H,1-5H3,(H2,24,25,36)/b23-10+/t16-,17-,18+,19-,20+/m0/s1. The number of hydrazone groups is 1. The summed E-state index contributed by atoms with van der Waals surface area (Å²) in [6, 6.07) is 7.03. The van der Waals surface area contributed by atoms with Crippen molar-refractivity contribution < 1.29 is 47.6 Å². The minimum absolute atomic E-state index is 0.0851. The van der Waals surface area contributed by atoms with Crippen molar-refractivity contribution in [2.24, 2.45) is 5.10 Å². The molecule has 0 saturated carbocycles. The maximum atomic E-state index is 12.4. The van der Waals surface area contributed by atoms with Crippen LogP contribution in [0.2, 0.25) is 0 Å². The Morgan fingerprint density at radius 3 is 2.00 bits per heavy atom. The van der Waals surface area contributed by atoms with Gasteiger partial charge in [0.15, 0.2) is 35.8 Å². The zero-order valence-electron chi connectivity index (χ0n) is 20.2. The molecule has 1 aromatic carbocycles. The third-order valence-electron chi connectivity index (χ3n) is 4.65. The Balaban J connectivity index is 2.27. The van der Waals surface area contributed by atoms with Crippen LogP contribution in [0.5, 0.6) is 5.75 Å². The molecule has 0 unspecified atom stereocenters. The van der Waals surface area contributed by atoms with Crippen molar-refractivity contribution in [1.82, 2.24) is 10.7 Å². The van der Waals surface area contributed by atoms with E-state index in [2.05, 4.69) is 15.8 Å². The Hall–Kier alpha value is -3.78. The average molecular weight is 526 g/mol. The quantitative estimate of drug-likeness (QED) is 0.156. The fraction of sp³-hybridized carbons (Fsp3) is 0.455. The monoisotopic (exact) mass is 525 g/mol. The largest absolute Gasteiger partial charge is 0.497 e. The van der Waals surface area contributed by atoms with E-state index in [1.54, 1.807) is 31.4 Å². The Bertz CT molecular complexity index is 1000. The van der Waals surface area contributed by atoms with Crippen LogP contribution >= 0.6 is 12.2 Å². The lowest BCUT2D eigenvalue weighted by molar-refractivity contribution is -0.250. The lowest BCUT2D eigenvalue weighted by Gasteiger charge is -2.43. The van der Waals surface area contributed by atoms with Gasteiger partial charge in [-0.2, -0.15) is 5.10 Å². The number of carbonyl (C=O) groups excluding carboxylic acids is 4. The molecule has 1 saturated heterocycles. The summed E-state index contributed by atoms with van der Waals surface area (Å²) in [5.41, 5.74) is 3.31. The van der Waals surface area contributed by atoms with Gasteiger partial charge in [0.05, 0.1) is 20.4 Å². The van der Waals surface area contributed by atoms with Gasteiger partial charge < -0.3 is 33.7 Å². The SMILES string of the molecule is COC(=O)[C@H]1O[C@@H](NC(=S)N/N=C/c2ccc(OC)cc2)[C@H](OC(C)=O)[C@@H](OC(C)=O)[C@@H]1OC(C)=O. The van der Waals surface area contributed by atoms with Crippen molar-refractivity contribution in [3.63, 3.8) is 0 Å². The Morgan fingerprint density at radius 2 is 1.47 bits per heavy atom. The second-order valence-electron chi connectivity index (χ2n) is 7.34. The summed E-state index contributed by atoms with van der Waals surface area (Å²) in [5, 5.41) is 6.64. The van der Waals surface area contributed by atoms with Gasteiger partial charge in [0.2, 0.25) is 0 Å². The van der Waals surface area contributed by atoms with Crippen LogP contribution in [0.1, 0.15) is 26.3 Å². The molecule has 2 rings (SSSR count). The Kier molecular flexibility index (Phi) is 10.5. The van der Waals surface area contributed by atoms with E-state index in [0.717, 1.165) is 33.4 Å². The van der Waals surface area contributed by atoms with Crippen molar-refractivity contribution in [1.29, 1.82) is 0 Å². The van der Waals surface area contributed by atoms with Gasteiger partial charge in [-0.15, -0.1) is 0 Å². The molecule has 5 atom stereocenters. The predicted molar refractivity (Wildman–Crippen MR) is 127 cm³/mol. The van der Waals surface area contributed by atoms with Crippen LogP contribution in [0.15, 0.2) is 29.4 Å². The first-order valence-electron chi connectivity index (χ1n) is 10.5. The molecule has 1 fully saturated rings. The number of benzene rings is 1. The average Bonchev–Trinajstić information content (AvgIpc) is 2.81. The smallest absolute Gasteiger partial charge is 0.339 e. The summed E-state index contributed by atoms with van der Waals surface area (Å²) >= 11 is 5.23. The summed E-state index contributed by atoms with van der Waals surface area (Å²) in [6.07, 6.45) is -5.67. The van der Waals surface area contributed by atoms with Gasteiger partial charge in [0, 0.05) is 20.8 Å². The normalized spacial score (nSPS) is 23.2. The molecule has 0 bridgehead atoms. The van der Waals surface area contributed by atoms with Crippen LogP contribution in [-0.4, -0.2) is 80.1 Å². The maximum absolute atomic E-state index is 12.4. The molecule has 1 aromatic rings. The summed E-state index contributed by atoms with van der Waals surface area (Å²) in [6.45, 7) is 3.30. The molecule has 1 aliphatic heterocycles. The molecule has 36 heavy (non-hydrogen) atoms. The van der Waals surface area contributed by atoms with Crippen molar-refractivity contribution >= 4 is 47.4 Å². The number of nitrogens with zero attached hydrogens (tertiary/aromatic N) is 1. The first-order valence-corrected chi connectivity index (χ1v) is 10.9. The number of nitrogens with one attached hydrogen (secondary N) is 2. The number of ether oxygens (including phenoxy) is 6. The molecule has 0 aromatic heterocycles. The molecule has 13 nitrogen and oxygen atoms in total. The minimum Gasteiger partial charge on any atom is -0.497 e. The second-order valence-corrected chi connectivity index (χ2v) is 7.75. The van der Waals surface area contributed by atoms with E-state index >= 15 is 0 Å². The molecule has 1 aliphatic rings. The molecule has 0 radical (unpaired) electrons. The van der Waals surface area contributed by atoms with Gasteiger partial charge >= 0.3 is 23.9 Å². The van der Waals surface area contributed by atoms with Crippen molar-refractivity contribution in [3.05, 3.63) is 29.8 Å². The van der Waals surface area contributed by atoms with Gasteiger partial charge in [-0.05, 0) is 42.0 Å². The molecule has 0 spiro atoms. The van der Waals surface area contributed by atoms with Crippen molar-refractivity contribution in [2.45, 2.75) is 51.4 Å². The number of hydrogen-bond acceptors (Lipinski definition) is 12. The second kappa shape index (κ2) is 13.3. The molecule has 1 heterocycles. The number of carbonyl (C=O) groups is 4. The number of rotatable bonds is 8. The highest BCUT2D eigenvalue weighted by molar-refractivity contribution is 7.80. The van der Waals surface area contributed by atoms with E-state index in [1.165, 1.54) is 6.21 Å². The van der Waals surface area contributed by atoms with E-state index in [0.29, 0.717) is 5.75 Å². The fourth-order valence-electron chi connectivity index (χ4n) is 3.25. The highest BCUT2D eigenvalue weighted by atomic mass is 32.1. The summed E-state index contributed by atoms with van der Waals surface area (Å²) in [7, 11) is 2.65. The van der Waals surface area contributed by atoms with Gasteiger partial charge in [-0.1, -0.05) is 0 Å². The van der Waals surface area contributed by atoms with E-state index < -0.39 is 54.5 Å². The molecular formula is C22H27N3O10S. The fourth-order valence-corrected chi connectivity index (χ4v) is 3.42. The van der Waals surface area contributed by atoms with E-state index in [1.807, 2.05) is 0 Å². The lowest BCUT2D eigenvalue weighted by atomic mass is 9.97. The van der Waals surface area contributed by atoms with Gasteiger partial charge in [-0.25, -0.2) is 4.79 Å². The molecular weight excluding hydrogens is 498 g/mol. The number of methoxy groups -OCH3 is 2. The highest BCUT2D eigenvalue weighted by Crippen LogP contribution is 2.28. The van der Waals surface area contributed by atoms with Crippen LogP contribution in [0.4, 0.5) is 0 Å². The molecule has 0 aliphatic carbocycles. The first-order chi connectivity index (χ1) is 17.0. The van der Waals surface area contributed by atoms with Gasteiger partial charge in [0.25, 0.3) is 0 Å². The molecule has 2 N–H and O–H groups in total. The van der Waals surface area contributed by atoms with Crippen molar-refractivity contribution in [2.75, 3.05) is 14.2 Å². The first kappa shape index (κ1) is 28.5. The number of hydrogen-bond donors (Lipinski definition) is 2. The summed E-state index contributed by atoms with van der Waals surface area (Å²) < 4.78 is 31.3. The van der Waals surface area contributed by atoms with Crippen LogP contribution in [0, 0.1) is 0 Å². The van der Waals surface area contributed by atoms with Crippen molar-refractivity contribution in [3.8, 4) is 5.75 Å². The minimum atomic E-state index is -1.54. The topological polar surface area (TPSA) is 160 Å². The zero-order chi connectivity index (χ0) is 26.8. The zero-order valence-corrected chi connectivity index (χ0v) is 21.0. The summed E-state index contributed by atoms with van der Waals surface area (Å²) in [5.74, 6) is -2.60. The van der Waals surface area contributed by atoms with Crippen LogP contribution in [-0.2, 0) is 42.9 Å². The van der Waals surface area contributed by atoms with Crippen LogP contribution in [0.25, 0.3) is 0 Å². The number of esters is 4. The lowest BCUT2D eigenvalue weighted by Crippen LogP contribution is -2.67. The van der Waals surface area contributed by atoms with Crippen LogP contribution in [0.3, 0.4) is 0 Å². The Labute approximate surface area is 212 Å². The highest BCUT2D eigenvalue weighted by Gasteiger charge is 2.55. The molecule has 14 heteroatoms. The van der Waals surface area contributed by atoms with Crippen LogP contribution < -0.4 is 15.5 Å². The molecule has 0 amide bonds. The van der Waals surface area contributed by atoms with E-state index in [4.69, 9.17) is 40.6 Å². The molecule has 196 valence electrons. The van der Waals surface area contributed by atoms with E-state index in [-0.39, 0.29) is 5.11 Å². The summed E-state index contributed by atoms with van der Waals surface area (Å²) in [4.78, 5) is 47.8.